The van der Waals surface area contributed by atoms with Gasteiger partial charge in [-0.15, -0.1) is 6.58 Å². The van der Waals surface area contributed by atoms with E-state index in [4.69, 9.17) is 4.52 Å². The van der Waals surface area contributed by atoms with Gasteiger partial charge in [0.05, 0.1) is 0 Å². The van der Waals surface area contributed by atoms with Crippen molar-refractivity contribution in [3.05, 3.63) is 24.4 Å². The first-order valence-electron chi connectivity index (χ1n) is 7.91. The molecular formula is C15H23N5OS. The molecule has 1 saturated carbocycles. The van der Waals surface area contributed by atoms with Crippen LogP contribution in [-0.2, 0) is 6.54 Å². The normalized spacial score (nSPS) is 22.4. The fourth-order valence-corrected chi connectivity index (χ4v) is 3.43. The summed E-state index contributed by atoms with van der Waals surface area (Å²) in [7, 11) is 0. The maximum atomic E-state index is 5.26. The molecule has 2 heterocycles. The lowest BCUT2D eigenvalue weighted by Gasteiger charge is -2.24. The summed E-state index contributed by atoms with van der Waals surface area (Å²) in [6.45, 7) is 4.83. The van der Waals surface area contributed by atoms with Crippen LogP contribution in [0.4, 0.5) is 0 Å². The predicted molar refractivity (Wildman–Crippen MR) is 89.1 cm³/mol. The number of hydrogen-bond acceptors (Lipinski definition) is 5. The van der Waals surface area contributed by atoms with Gasteiger partial charge >= 0.3 is 0 Å². The van der Waals surface area contributed by atoms with E-state index in [9.17, 15) is 0 Å². The Morgan fingerprint density at radius 2 is 2.36 bits per heavy atom. The van der Waals surface area contributed by atoms with Gasteiger partial charge in [-0.3, -0.25) is 0 Å². The summed E-state index contributed by atoms with van der Waals surface area (Å²) in [5.41, 5.74) is 0. The van der Waals surface area contributed by atoms with Crippen LogP contribution < -0.4 is 10.6 Å². The molecule has 1 aromatic rings. The van der Waals surface area contributed by atoms with Crippen molar-refractivity contribution in [1.82, 2.24) is 20.8 Å². The first-order valence-corrected chi connectivity index (χ1v) is 9.06. The van der Waals surface area contributed by atoms with Crippen LogP contribution >= 0.6 is 11.8 Å². The molecule has 6 nitrogen and oxygen atoms in total. The van der Waals surface area contributed by atoms with Crippen LogP contribution in [0.1, 0.15) is 43.3 Å². The second-order valence-electron chi connectivity index (χ2n) is 5.71. The number of aliphatic imine (C=N–C) groups is 1. The van der Waals surface area contributed by atoms with Crippen molar-refractivity contribution in [2.24, 2.45) is 4.99 Å². The summed E-state index contributed by atoms with van der Waals surface area (Å²) >= 11 is 1.99. The molecule has 0 aromatic carbocycles. The minimum absolute atomic E-state index is 0.409. The molecule has 120 valence electrons. The molecule has 7 heteroatoms. The van der Waals surface area contributed by atoms with Gasteiger partial charge in [0.1, 0.15) is 6.54 Å². The number of aromatic nitrogens is 2. The first-order chi connectivity index (χ1) is 10.8. The van der Waals surface area contributed by atoms with Gasteiger partial charge in [-0.05, 0) is 31.4 Å². The van der Waals surface area contributed by atoms with E-state index in [2.05, 4.69) is 32.3 Å². The Morgan fingerprint density at radius 3 is 3.09 bits per heavy atom. The molecule has 0 radical (unpaired) electrons. The van der Waals surface area contributed by atoms with Crippen LogP contribution in [0, 0.1) is 0 Å². The van der Waals surface area contributed by atoms with Crippen molar-refractivity contribution < 1.29 is 4.52 Å². The highest BCUT2D eigenvalue weighted by Crippen LogP contribution is 2.38. The van der Waals surface area contributed by atoms with Gasteiger partial charge in [0, 0.05) is 24.3 Å². The van der Waals surface area contributed by atoms with Crippen LogP contribution in [0.2, 0.25) is 0 Å². The molecule has 1 aliphatic heterocycles. The lowest BCUT2D eigenvalue weighted by molar-refractivity contribution is 0.374. The Morgan fingerprint density at radius 1 is 1.45 bits per heavy atom. The van der Waals surface area contributed by atoms with Crippen LogP contribution in [0.25, 0.3) is 0 Å². The van der Waals surface area contributed by atoms with Crippen molar-refractivity contribution in [2.75, 3.05) is 18.1 Å². The van der Waals surface area contributed by atoms with Crippen molar-refractivity contribution in [3.8, 4) is 0 Å². The molecule has 1 atom stereocenters. The van der Waals surface area contributed by atoms with Crippen molar-refractivity contribution in [2.45, 2.75) is 44.2 Å². The SMILES string of the molecule is C=CCNC(=NCc1nc(C2CC2)no1)N[C@@H]1CCCSC1. The topological polar surface area (TPSA) is 75.3 Å². The number of nitrogens with one attached hydrogen (secondary N) is 2. The van der Waals surface area contributed by atoms with Crippen LogP contribution in [0.3, 0.4) is 0 Å². The lowest BCUT2D eigenvalue weighted by atomic mass is 10.2. The summed E-state index contributed by atoms with van der Waals surface area (Å²) in [5.74, 6) is 5.11. The van der Waals surface area contributed by atoms with E-state index in [1.54, 1.807) is 0 Å². The van der Waals surface area contributed by atoms with Crippen LogP contribution in [0.15, 0.2) is 22.2 Å². The summed E-state index contributed by atoms with van der Waals surface area (Å²) in [5, 5.41) is 10.8. The number of hydrogen-bond donors (Lipinski definition) is 2. The Labute approximate surface area is 135 Å². The van der Waals surface area contributed by atoms with Crippen molar-refractivity contribution >= 4 is 17.7 Å². The largest absolute Gasteiger partial charge is 0.353 e. The summed E-state index contributed by atoms with van der Waals surface area (Å²) < 4.78 is 5.26. The van der Waals surface area contributed by atoms with Gasteiger partial charge in [-0.25, -0.2) is 4.99 Å². The molecule has 0 bridgehead atoms. The molecular weight excluding hydrogens is 298 g/mol. The molecule has 2 N–H and O–H groups in total. The van der Waals surface area contributed by atoms with Gasteiger partial charge in [0.15, 0.2) is 11.8 Å². The van der Waals surface area contributed by atoms with E-state index in [1.807, 2.05) is 17.8 Å². The lowest BCUT2D eigenvalue weighted by Crippen LogP contribution is -2.45. The Kier molecular flexibility index (Phi) is 5.37. The van der Waals surface area contributed by atoms with Gasteiger partial charge in [-0.2, -0.15) is 16.7 Å². The van der Waals surface area contributed by atoms with Crippen LogP contribution in [0.5, 0.6) is 0 Å². The summed E-state index contributed by atoms with van der Waals surface area (Å²) in [4.78, 5) is 8.97. The van der Waals surface area contributed by atoms with E-state index >= 15 is 0 Å². The molecule has 1 aromatic heterocycles. The van der Waals surface area contributed by atoms with E-state index in [1.165, 1.54) is 31.4 Å². The highest BCUT2D eigenvalue weighted by molar-refractivity contribution is 7.99. The number of nitrogens with zero attached hydrogens (tertiary/aromatic N) is 3. The van der Waals surface area contributed by atoms with Gasteiger partial charge < -0.3 is 15.2 Å². The molecule has 3 rings (SSSR count). The predicted octanol–water partition coefficient (Wildman–Crippen LogP) is 2.06. The minimum Gasteiger partial charge on any atom is -0.353 e. The maximum absolute atomic E-state index is 5.26. The maximum Gasteiger partial charge on any atom is 0.248 e. The number of thioether (sulfide) groups is 1. The highest BCUT2D eigenvalue weighted by atomic mass is 32.2. The monoisotopic (exact) mass is 321 g/mol. The molecule has 2 fully saturated rings. The molecule has 1 aliphatic carbocycles. The summed E-state index contributed by atoms with van der Waals surface area (Å²) in [6.07, 6.45) is 6.62. The van der Waals surface area contributed by atoms with E-state index in [-0.39, 0.29) is 0 Å². The number of guanidine groups is 1. The van der Waals surface area contributed by atoms with Crippen LogP contribution in [-0.4, -0.2) is 40.2 Å². The average Bonchev–Trinajstić information content (AvgIpc) is 3.30. The molecule has 2 aliphatic rings. The highest BCUT2D eigenvalue weighted by Gasteiger charge is 2.28. The smallest absolute Gasteiger partial charge is 0.248 e. The third-order valence-corrected chi connectivity index (χ3v) is 4.93. The number of rotatable bonds is 6. The minimum atomic E-state index is 0.409. The molecule has 0 spiro atoms. The van der Waals surface area contributed by atoms with Gasteiger partial charge in [0.2, 0.25) is 5.89 Å². The van der Waals surface area contributed by atoms with Crippen molar-refractivity contribution in [1.29, 1.82) is 0 Å². The zero-order valence-corrected chi connectivity index (χ0v) is 13.6. The third-order valence-electron chi connectivity index (χ3n) is 3.71. The molecule has 0 amide bonds. The van der Waals surface area contributed by atoms with Crippen molar-refractivity contribution in [3.63, 3.8) is 0 Å². The second kappa shape index (κ2) is 7.67. The van der Waals surface area contributed by atoms with Gasteiger partial charge in [0.25, 0.3) is 0 Å². The van der Waals surface area contributed by atoms with E-state index in [0.717, 1.165) is 17.5 Å². The fraction of sp³-hybridized carbons (Fsp3) is 0.667. The standard InChI is InChI=1S/C15H23N5OS/c1-2-7-16-15(18-12-4-3-8-22-10-12)17-9-13-19-14(20-21-13)11-5-6-11/h2,11-12H,1,3-10H2,(H2,16,17,18)/t12-/m1/s1. The Hall–Kier alpha value is -1.50. The average molecular weight is 321 g/mol. The summed E-state index contributed by atoms with van der Waals surface area (Å²) in [6, 6.07) is 0.472. The van der Waals surface area contributed by atoms with E-state index < -0.39 is 0 Å². The Balaban J connectivity index is 1.57. The van der Waals surface area contributed by atoms with Gasteiger partial charge in [-0.1, -0.05) is 11.2 Å². The zero-order valence-electron chi connectivity index (χ0n) is 12.8. The third kappa shape index (κ3) is 4.50. The zero-order chi connectivity index (χ0) is 15.2. The first kappa shape index (κ1) is 15.4. The van der Waals surface area contributed by atoms with E-state index in [0.29, 0.717) is 30.9 Å². The Bertz CT molecular complexity index is 520. The molecule has 1 saturated heterocycles. The molecule has 0 unspecified atom stereocenters. The molecule has 22 heavy (non-hydrogen) atoms. The fourth-order valence-electron chi connectivity index (χ4n) is 2.36. The quantitative estimate of drug-likeness (QED) is 0.474. The second-order valence-corrected chi connectivity index (χ2v) is 6.86.